The monoisotopic (exact) mass is 307 g/mol. The predicted octanol–water partition coefficient (Wildman–Crippen LogP) is 2.89. The molecule has 1 aromatic rings. The van der Waals surface area contributed by atoms with Gasteiger partial charge in [-0.25, -0.2) is 0 Å². The summed E-state index contributed by atoms with van der Waals surface area (Å²) in [6.07, 6.45) is -4.12. The van der Waals surface area contributed by atoms with E-state index in [9.17, 15) is 13.2 Å². The number of alkyl halides is 3. The van der Waals surface area contributed by atoms with E-state index in [1.54, 1.807) is 12.1 Å². The lowest BCUT2D eigenvalue weighted by atomic mass is 10.1. The zero-order valence-corrected chi connectivity index (χ0v) is 12.1. The second kappa shape index (κ2) is 8.09. The third-order valence-electron chi connectivity index (χ3n) is 2.50. The van der Waals surface area contributed by atoms with Crippen LogP contribution in [0.3, 0.4) is 0 Å². The van der Waals surface area contributed by atoms with Gasteiger partial charge in [0.1, 0.15) is 6.61 Å². The summed E-state index contributed by atoms with van der Waals surface area (Å²) in [6.45, 7) is 3.27. The topological polar surface area (TPSA) is 53.7 Å². The molecule has 7 heteroatoms. The number of hydrogen-bond donors (Lipinski definition) is 1. The molecule has 0 saturated carbocycles. The second-order valence-electron chi connectivity index (χ2n) is 4.50. The van der Waals surface area contributed by atoms with E-state index >= 15 is 0 Å². The highest BCUT2D eigenvalue weighted by molar-refractivity contribution is 5.47. The minimum absolute atomic E-state index is 0.101. The lowest BCUT2D eigenvalue weighted by molar-refractivity contribution is -0.325. The summed E-state index contributed by atoms with van der Waals surface area (Å²) in [7, 11) is 0. The fourth-order valence-corrected chi connectivity index (χ4v) is 1.80. The van der Waals surface area contributed by atoms with Gasteiger partial charge in [-0.2, -0.15) is 0 Å². The number of halogens is 3. The first-order valence-electron chi connectivity index (χ1n) is 6.67. The zero-order valence-electron chi connectivity index (χ0n) is 12.1. The molecule has 0 bridgehead atoms. The number of rotatable bonds is 8. The van der Waals surface area contributed by atoms with E-state index in [-0.39, 0.29) is 12.6 Å². The number of benzene rings is 1. The molecule has 1 atom stereocenters. The highest BCUT2D eigenvalue weighted by Gasteiger charge is 2.28. The Morgan fingerprint density at radius 3 is 2.48 bits per heavy atom. The smallest absolute Gasteiger partial charge is 0.490 e. The maximum atomic E-state index is 11.9. The number of nitrogens with two attached hydrogens (primary N) is 1. The largest absolute Gasteiger partial charge is 0.522 e. The van der Waals surface area contributed by atoms with Crippen LogP contribution in [0.1, 0.15) is 19.4 Å². The number of para-hydroxylation sites is 1. The molecule has 1 unspecified atom stereocenters. The Labute approximate surface area is 122 Å². The van der Waals surface area contributed by atoms with Gasteiger partial charge >= 0.3 is 6.36 Å². The van der Waals surface area contributed by atoms with Crippen molar-refractivity contribution in [1.29, 1.82) is 0 Å². The van der Waals surface area contributed by atoms with E-state index in [4.69, 9.17) is 15.2 Å². The molecule has 0 saturated heterocycles. The molecule has 0 radical (unpaired) electrons. The van der Waals surface area contributed by atoms with Crippen molar-refractivity contribution in [3.63, 3.8) is 0 Å². The zero-order chi connectivity index (χ0) is 15.9. The summed E-state index contributed by atoms with van der Waals surface area (Å²) in [4.78, 5) is 0. The summed E-state index contributed by atoms with van der Waals surface area (Å²) in [6, 6.07) is 5.21. The van der Waals surface area contributed by atoms with Crippen molar-refractivity contribution >= 4 is 0 Å². The van der Waals surface area contributed by atoms with Gasteiger partial charge in [0.05, 0.1) is 13.2 Å². The van der Waals surface area contributed by atoms with Crippen LogP contribution in [0.2, 0.25) is 0 Å². The molecule has 120 valence electrons. The van der Waals surface area contributed by atoms with E-state index in [2.05, 4.69) is 4.74 Å². The van der Waals surface area contributed by atoms with Crippen LogP contribution in [-0.4, -0.2) is 32.2 Å². The molecule has 1 rings (SSSR count). The van der Waals surface area contributed by atoms with Gasteiger partial charge in [0.2, 0.25) is 0 Å². The second-order valence-corrected chi connectivity index (χ2v) is 4.50. The SMILES string of the molecule is CCOc1cccc(CC(C)N)c1OCCOC(F)(F)F. The van der Waals surface area contributed by atoms with Crippen LogP contribution in [0, 0.1) is 0 Å². The van der Waals surface area contributed by atoms with Gasteiger partial charge in [-0.1, -0.05) is 12.1 Å². The standard InChI is InChI=1S/C14H20F3NO3/c1-3-19-12-6-4-5-11(9-10(2)18)13(12)20-7-8-21-14(15,16)17/h4-6,10H,3,7-9,18H2,1-2H3. The lowest BCUT2D eigenvalue weighted by Crippen LogP contribution is -2.20. The lowest BCUT2D eigenvalue weighted by Gasteiger charge is -2.17. The van der Waals surface area contributed by atoms with Crippen LogP contribution in [0.15, 0.2) is 18.2 Å². The minimum atomic E-state index is -4.66. The van der Waals surface area contributed by atoms with Gasteiger partial charge in [-0.15, -0.1) is 13.2 Å². The van der Waals surface area contributed by atoms with Crippen LogP contribution in [0.5, 0.6) is 11.5 Å². The molecule has 21 heavy (non-hydrogen) atoms. The van der Waals surface area contributed by atoms with Crippen LogP contribution in [0.4, 0.5) is 13.2 Å². The molecule has 1 aromatic carbocycles. The van der Waals surface area contributed by atoms with E-state index in [1.807, 2.05) is 19.9 Å². The third-order valence-corrected chi connectivity index (χ3v) is 2.50. The average Bonchev–Trinajstić information content (AvgIpc) is 2.35. The molecule has 0 aliphatic carbocycles. The molecule has 0 amide bonds. The average molecular weight is 307 g/mol. The molecule has 4 nitrogen and oxygen atoms in total. The first kappa shape index (κ1) is 17.6. The van der Waals surface area contributed by atoms with Gasteiger partial charge in [-0.05, 0) is 31.9 Å². The van der Waals surface area contributed by atoms with Gasteiger partial charge in [-0.3, -0.25) is 4.74 Å². The number of ether oxygens (including phenoxy) is 3. The highest BCUT2D eigenvalue weighted by atomic mass is 19.4. The van der Waals surface area contributed by atoms with E-state index in [1.165, 1.54) is 0 Å². The number of hydrogen-bond acceptors (Lipinski definition) is 4. The van der Waals surface area contributed by atoms with Crippen molar-refractivity contribution in [3.8, 4) is 11.5 Å². The molecule has 0 aliphatic heterocycles. The molecule has 0 spiro atoms. The van der Waals surface area contributed by atoms with Crippen molar-refractivity contribution < 1.29 is 27.4 Å². The van der Waals surface area contributed by atoms with Crippen LogP contribution >= 0.6 is 0 Å². The van der Waals surface area contributed by atoms with Crippen molar-refractivity contribution in [3.05, 3.63) is 23.8 Å². The third kappa shape index (κ3) is 6.68. The maximum absolute atomic E-state index is 11.9. The maximum Gasteiger partial charge on any atom is 0.522 e. The van der Waals surface area contributed by atoms with Crippen LogP contribution in [-0.2, 0) is 11.2 Å². The Morgan fingerprint density at radius 2 is 1.90 bits per heavy atom. The Balaban J connectivity index is 2.75. The summed E-state index contributed by atoms with van der Waals surface area (Å²) < 4.78 is 50.3. The molecule has 0 fully saturated rings. The molecule has 0 aromatic heterocycles. The summed E-state index contributed by atoms with van der Waals surface area (Å²) in [5.74, 6) is 0.907. The summed E-state index contributed by atoms with van der Waals surface area (Å²) in [5.41, 5.74) is 6.55. The van der Waals surface area contributed by atoms with Crippen molar-refractivity contribution in [2.75, 3.05) is 19.8 Å². The molecule has 0 aliphatic rings. The van der Waals surface area contributed by atoms with Gasteiger partial charge < -0.3 is 15.2 Å². The van der Waals surface area contributed by atoms with E-state index < -0.39 is 13.0 Å². The first-order chi connectivity index (χ1) is 9.83. The van der Waals surface area contributed by atoms with Crippen molar-refractivity contribution in [2.24, 2.45) is 5.73 Å². The minimum Gasteiger partial charge on any atom is -0.490 e. The Hall–Kier alpha value is -1.47. The summed E-state index contributed by atoms with van der Waals surface area (Å²) >= 11 is 0. The van der Waals surface area contributed by atoms with Gasteiger partial charge in [0, 0.05) is 6.04 Å². The molecular weight excluding hydrogens is 287 g/mol. The molecule has 0 heterocycles. The first-order valence-corrected chi connectivity index (χ1v) is 6.67. The Kier molecular flexibility index (Phi) is 6.77. The van der Waals surface area contributed by atoms with E-state index in [0.29, 0.717) is 24.5 Å². The predicted molar refractivity (Wildman–Crippen MR) is 72.5 cm³/mol. The summed E-state index contributed by atoms with van der Waals surface area (Å²) in [5, 5.41) is 0. The van der Waals surface area contributed by atoms with Crippen LogP contribution < -0.4 is 15.2 Å². The Bertz CT molecular complexity index is 436. The normalized spacial score (nSPS) is 13.0. The quantitative estimate of drug-likeness (QED) is 0.750. The van der Waals surface area contributed by atoms with Gasteiger partial charge in [0.25, 0.3) is 0 Å². The highest BCUT2D eigenvalue weighted by Crippen LogP contribution is 2.32. The van der Waals surface area contributed by atoms with Crippen molar-refractivity contribution in [1.82, 2.24) is 0 Å². The van der Waals surface area contributed by atoms with Crippen LogP contribution in [0.25, 0.3) is 0 Å². The van der Waals surface area contributed by atoms with Crippen molar-refractivity contribution in [2.45, 2.75) is 32.7 Å². The fraction of sp³-hybridized carbons (Fsp3) is 0.571. The molecular formula is C14H20F3NO3. The van der Waals surface area contributed by atoms with Gasteiger partial charge in [0.15, 0.2) is 11.5 Å². The molecule has 2 N–H and O–H groups in total. The fourth-order valence-electron chi connectivity index (χ4n) is 1.80. The van der Waals surface area contributed by atoms with E-state index in [0.717, 1.165) is 5.56 Å². The Morgan fingerprint density at radius 1 is 1.19 bits per heavy atom.